The number of esters is 1. The van der Waals surface area contributed by atoms with E-state index in [1.165, 1.54) is 0 Å². The molecule has 2 saturated heterocycles. The molecule has 3 heterocycles. The molecule has 0 spiro atoms. The van der Waals surface area contributed by atoms with Crippen LogP contribution in [0.5, 0.6) is 0 Å². The fourth-order valence-electron chi connectivity index (χ4n) is 3.66. The second-order valence-electron chi connectivity index (χ2n) is 7.24. The van der Waals surface area contributed by atoms with Gasteiger partial charge in [-0.2, -0.15) is 4.98 Å². The third-order valence-corrected chi connectivity index (χ3v) is 5.34. The standard InChI is InChI=1S/C20H25N3O5/c1-14(18(24)22-10-12-26-13-11-22)27-19(25)15-6-8-23(9-7-15)20-21-16-4-2-3-5-17(16)28-20/h2-5,14-15H,6-13H2,1H3. The summed E-state index contributed by atoms with van der Waals surface area (Å²) in [5.74, 6) is -0.660. The molecule has 28 heavy (non-hydrogen) atoms. The van der Waals surface area contributed by atoms with Gasteiger partial charge in [-0.05, 0) is 31.9 Å². The van der Waals surface area contributed by atoms with E-state index in [0.29, 0.717) is 58.2 Å². The lowest BCUT2D eigenvalue weighted by Gasteiger charge is -2.31. The molecular formula is C20H25N3O5. The molecule has 1 unspecified atom stereocenters. The Morgan fingerprint density at radius 2 is 1.86 bits per heavy atom. The molecule has 2 aliphatic heterocycles. The van der Waals surface area contributed by atoms with Crippen LogP contribution in [-0.2, 0) is 19.1 Å². The average molecular weight is 387 g/mol. The topological polar surface area (TPSA) is 85.1 Å². The van der Waals surface area contributed by atoms with E-state index in [0.717, 1.165) is 11.1 Å². The van der Waals surface area contributed by atoms with E-state index >= 15 is 0 Å². The largest absolute Gasteiger partial charge is 0.452 e. The van der Waals surface area contributed by atoms with Crippen molar-refractivity contribution in [2.75, 3.05) is 44.3 Å². The summed E-state index contributed by atoms with van der Waals surface area (Å²) < 4.78 is 16.5. The van der Waals surface area contributed by atoms with Crippen molar-refractivity contribution in [3.8, 4) is 0 Å². The van der Waals surface area contributed by atoms with E-state index in [4.69, 9.17) is 13.9 Å². The normalized spacial score (nSPS) is 19.6. The molecule has 0 saturated carbocycles. The molecular weight excluding hydrogens is 362 g/mol. The van der Waals surface area contributed by atoms with Gasteiger partial charge in [-0.3, -0.25) is 9.59 Å². The zero-order valence-corrected chi connectivity index (χ0v) is 16.0. The van der Waals surface area contributed by atoms with Crippen LogP contribution in [0.15, 0.2) is 28.7 Å². The Hall–Kier alpha value is -2.61. The van der Waals surface area contributed by atoms with Gasteiger partial charge in [-0.25, -0.2) is 0 Å². The van der Waals surface area contributed by atoms with Gasteiger partial charge in [0.05, 0.1) is 19.1 Å². The molecule has 0 N–H and O–H groups in total. The fourth-order valence-corrected chi connectivity index (χ4v) is 3.66. The monoisotopic (exact) mass is 387 g/mol. The summed E-state index contributed by atoms with van der Waals surface area (Å²) in [5, 5.41) is 0. The maximum atomic E-state index is 12.5. The van der Waals surface area contributed by atoms with Crippen molar-refractivity contribution in [3.05, 3.63) is 24.3 Å². The van der Waals surface area contributed by atoms with Crippen LogP contribution < -0.4 is 4.90 Å². The lowest BCUT2D eigenvalue weighted by Crippen LogP contribution is -2.46. The SMILES string of the molecule is CC(OC(=O)C1CCN(c2nc3ccccc3o2)CC1)C(=O)N1CCOCC1. The number of para-hydroxylation sites is 2. The van der Waals surface area contributed by atoms with Gasteiger partial charge in [-0.15, -0.1) is 0 Å². The Morgan fingerprint density at radius 3 is 2.57 bits per heavy atom. The highest BCUT2D eigenvalue weighted by Gasteiger charge is 2.31. The number of carbonyl (C=O) groups is 2. The molecule has 1 amide bonds. The number of rotatable bonds is 4. The average Bonchev–Trinajstić information content (AvgIpc) is 3.18. The van der Waals surface area contributed by atoms with Crippen molar-refractivity contribution >= 4 is 29.0 Å². The van der Waals surface area contributed by atoms with Crippen LogP contribution in [0, 0.1) is 5.92 Å². The van der Waals surface area contributed by atoms with Gasteiger partial charge in [-0.1, -0.05) is 12.1 Å². The lowest BCUT2D eigenvalue weighted by molar-refractivity contribution is -0.164. The summed E-state index contributed by atoms with van der Waals surface area (Å²) in [6, 6.07) is 8.24. The van der Waals surface area contributed by atoms with Gasteiger partial charge in [0.25, 0.3) is 11.9 Å². The minimum atomic E-state index is -0.763. The Balaban J connectivity index is 1.29. The van der Waals surface area contributed by atoms with Gasteiger partial charge < -0.3 is 23.7 Å². The number of aromatic nitrogens is 1. The third kappa shape index (κ3) is 3.96. The van der Waals surface area contributed by atoms with Gasteiger partial charge >= 0.3 is 5.97 Å². The molecule has 150 valence electrons. The number of oxazole rings is 1. The number of morpholine rings is 1. The number of ether oxygens (including phenoxy) is 2. The first-order valence-corrected chi connectivity index (χ1v) is 9.79. The van der Waals surface area contributed by atoms with Crippen LogP contribution >= 0.6 is 0 Å². The van der Waals surface area contributed by atoms with Gasteiger partial charge in [0.15, 0.2) is 11.7 Å². The smallest absolute Gasteiger partial charge is 0.309 e. The Kier molecular flexibility index (Phi) is 5.47. The zero-order chi connectivity index (χ0) is 19.5. The molecule has 4 rings (SSSR count). The quantitative estimate of drug-likeness (QED) is 0.740. The van der Waals surface area contributed by atoms with E-state index in [-0.39, 0.29) is 17.8 Å². The first-order chi connectivity index (χ1) is 13.6. The zero-order valence-electron chi connectivity index (χ0n) is 16.0. The summed E-state index contributed by atoms with van der Waals surface area (Å²) in [7, 11) is 0. The van der Waals surface area contributed by atoms with Gasteiger partial charge in [0.2, 0.25) is 0 Å². The van der Waals surface area contributed by atoms with E-state index in [1.54, 1.807) is 11.8 Å². The fraction of sp³-hybridized carbons (Fsp3) is 0.550. The molecule has 1 aromatic carbocycles. The highest BCUT2D eigenvalue weighted by Crippen LogP contribution is 2.27. The van der Waals surface area contributed by atoms with Crippen molar-refractivity contribution in [2.24, 2.45) is 5.92 Å². The summed E-state index contributed by atoms with van der Waals surface area (Å²) in [6.07, 6.45) is 0.534. The van der Waals surface area contributed by atoms with Crippen LogP contribution in [0.4, 0.5) is 6.01 Å². The highest BCUT2D eigenvalue weighted by molar-refractivity contribution is 5.84. The van der Waals surface area contributed by atoms with Crippen molar-refractivity contribution in [1.29, 1.82) is 0 Å². The van der Waals surface area contributed by atoms with Crippen molar-refractivity contribution in [1.82, 2.24) is 9.88 Å². The second kappa shape index (κ2) is 8.18. The third-order valence-electron chi connectivity index (χ3n) is 5.34. The summed E-state index contributed by atoms with van der Waals surface area (Å²) in [6.45, 7) is 5.12. The first-order valence-electron chi connectivity index (χ1n) is 9.79. The Labute approximate surface area is 163 Å². The number of fused-ring (bicyclic) bond motifs is 1. The Morgan fingerprint density at radius 1 is 1.14 bits per heavy atom. The molecule has 0 aliphatic carbocycles. The van der Waals surface area contributed by atoms with Gasteiger partial charge in [0.1, 0.15) is 5.52 Å². The molecule has 1 aromatic heterocycles. The van der Waals surface area contributed by atoms with E-state index in [2.05, 4.69) is 4.98 Å². The molecule has 2 aliphatic rings. The van der Waals surface area contributed by atoms with E-state index < -0.39 is 6.10 Å². The van der Waals surface area contributed by atoms with Crippen molar-refractivity contribution < 1.29 is 23.5 Å². The molecule has 2 aromatic rings. The maximum absolute atomic E-state index is 12.5. The summed E-state index contributed by atoms with van der Waals surface area (Å²) in [5.41, 5.74) is 1.59. The Bertz CT molecular complexity index is 804. The lowest BCUT2D eigenvalue weighted by atomic mass is 9.97. The molecule has 0 bridgehead atoms. The molecule has 1 atom stereocenters. The number of benzene rings is 1. The van der Waals surface area contributed by atoms with Crippen molar-refractivity contribution in [3.63, 3.8) is 0 Å². The summed E-state index contributed by atoms with van der Waals surface area (Å²) in [4.78, 5) is 33.2. The molecule has 0 radical (unpaired) electrons. The van der Waals surface area contributed by atoms with Gasteiger partial charge in [0, 0.05) is 26.2 Å². The highest BCUT2D eigenvalue weighted by atomic mass is 16.5. The number of amides is 1. The van der Waals surface area contributed by atoms with Crippen LogP contribution in [0.25, 0.3) is 11.1 Å². The first kappa shape index (κ1) is 18.7. The number of anilines is 1. The van der Waals surface area contributed by atoms with Crippen LogP contribution in [-0.4, -0.2) is 67.3 Å². The predicted octanol–water partition coefficient (Wildman–Crippen LogP) is 1.83. The molecule has 8 heteroatoms. The minimum absolute atomic E-state index is 0.152. The maximum Gasteiger partial charge on any atom is 0.309 e. The number of carbonyl (C=O) groups excluding carboxylic acids is 2. The second-order valence-corrected chi connectivity index (χ2v) is 7.24. The number of hydrogen-bond donors (Lipinski definition) is 0. The number of piperidine rings is 1. The van der Waals surface area contributed by atoms with E-state index in [9.17, 15) is 9.59 Å². The number of hydrogen-bond acceptors (Lipinski definition) is 7. The van der Waals surface area contributed by atoms with Crippen LogP contribution in [0.3, 0.4) is 0 Å². The number of nitrogens with zero attached hydrogens (tertiary/aromatic N) is 3. The van der Waals surface area contributed by atoms with Crippen LogP contribution in [0.2, 0.25) is 0 Å². The molecule has 8 nitrogen and oxygen atoms in total. The van der Waals surface area contributed by atoms with E-state index in [1.807, 2.05) is 29.2 Å². The predicted molar refractivity (Wildman–Crippen MR) is 102 cm³/mol. The van der Waals surface area contributed by atoms with Crippen molar-refractivity contribution in [2.45, 2.75) is 25.9 Å². The minimum Gasteiger partial charge on any atom is -0.452 e. The summed E-state index contributed by atoms with van der Waals surface area (Å²) >= 11 is 0. The molecule has 2 fully saturated rings. The van der Waals surface area contributed by atoms with Crippen LogP contribution in [0.1, 0.15) is 19.8 Å².